The topological polar surface area (TPSA) is 57.5 Å². The Morgan fingerprint density at radius 3 is 2.57 bits per heavy atom. The van der Waals surface area contributed by atoms with Crippen molar-refractivity contribution in [2.45, 2.75) is 71.3 Å². The quantitative estimate of drug-likeness (QED) is 0.718. The molecule has 128 valence electrons. The van der Waals surface area contributed by atoms with Crippen LogP contribution in [0.1, 0.15) is 65.2 Å². The van der Waals surface area contributed by atoms with E-state index in [2.05, 4.69) is 13.5 Å². The average molecular weight is 318 g/mol. The highest BCUT2D eigenvalue weighted by Gasteiger charge is 2.67. The fourth-order valence-corrected chi connectivity index (χ4v) is 7.62. The molecule has 0 aliphatic heterocycles. The van der Waals surface area contributed by atoms with E-state index in [1.165, 1.54) is 0 Å². The molecule has 23 heavy (non-hydrogen) atoms. The van der Waals surface area contributed by atoms with Crippen LogP contribution < -0.4 is 0 Å². The molecular weight excluding hydrogens is 288 g/mol. The Balaban J connectivity index is 1.78. The first-order valence-corrected chi connectivity index (χ1v) is 9.36. The number of hydrogen-bond donors (Lipinski definition) is 2. The molecular formula is C20H30O3. The van der Waals surface area contributed by atoms with Crippen molar-refractivity contribution in [3.8, 4) is 0 Å². The second-order valence-electron chi connectivity index (χ2n) is 9.41. The molecule has 5 unspecified atom stereocenters. The molecule has 0 heterocycles. The number of fused-ring (bicyclic) bond motifs is 3. The highest BCUT2D eigenvalue weighted by atomic mass is 16.4. The van der Waals surface area contributed by atoms with E-state index in [-0.39, 0.29) is 22.9 Å². The van der Waals surface area contributed by atoms with Gasteiger partial charge in [-0.05, 0) is 80.6 Å². The smallest absolute Gasteiger partial charge is 0.309 e. The van der Waals surface area contributed by atoms with Gasteiger partial charge in [0.05, 0.1) is 11.5 Å². The van der Waals surface area contributed by atoms with Gasteiger partial charge in [0.1, 0.15) is 0 Å². The molecule has 4 fully saturated rings. The molecule has 0 aromatic heterocycles. The lowest BCUT2D eigenvalue weighted by atomic mass is 9.40. The minimum atomic E-state index is -0.616. The molecule has 3 nitrogen and oxygen atoms in total. The van der Waals surface area contributed by atoms with Crippen LogP contribution in [0, 0.1) is 34.0 Å². The van der Waals surface area contributed by atoms with Gasteiger partial charge in [0.15, 0.2) is 0 Å². The van der Waals surface area contributed by atoms with Crippen molar-refractivity contribution >= 4 is 5.97 Å². The summed E-state index contributed by atoms with van der Waals surface area (Å²) < 4.78 is 0. The van der Waals surface area contributed by atoms with Crippen LogP contribution in [0.25, 0.3) is 0 Å². The summed E-state index contributed by atoms with van der Waals surface area (Å²) in [5.41, 5.74) is 0.514. The van der Waals surface area contributed by atoms with Gasteiger partial charge in [-0.1, -0.05) is 19.9 Å². The Hall–Kier alpha value is -0.830. The van der Waals surface area contributed by atoms with E-state index in [0.29, 0.717) is 11.8 Å². The van der Waals surface area contributed by atoms with Crippen molar-refractivity contribution in [1.82, 2.24) is 0 Å². The first kappa shape index (κ1) is 15.7. The zero-order chi connectivity index (χ0) is 16.6. The summed E-state index contributed by atoms with van der Waals surface area (Å²) in [6, 6.07) is 0. The van der Waals surface area contributed by atoms with Crippen molar-refractivity contribution in [3.05, 3.63) is 12.2 Å². The summed E-state index contributed by atoms with van der Waals surface area (Å²) in [4.78, 5) is 12.0. The third kappa shape index (κ3) is 1.72. The predicted molar refractivity (Wildman–Crippen MR) is 88.8 cm³/mol. The average Bonchev–Trinajstić information content (AvgIpc) is 2.68. The van der Waals surface area contributed by atoms with E-state index in [1.807, 2.05) is 6.92 Å². The lowest BCUT2D eigenvalue weighted by molar-refractivity contribution is -0.190. The standard InChI is InChI=1S/C20H30O3/c1-12-13-5-6-15-18(2)8-4-9-19(3,17(22)23)14(18)7-10-20(15,11-13)16(12)21/h13-16,21H,1,4-11H2,2-3H3,(H,22,23)/t13?,14?,15?,16?,18-,19-,20?/m1/s1. The number of aliphatic hydroxyl groups is 1. The van der Waals surface area contributed by atoms with Gasteiger partial charge in [-0.3, -0.25) is 4.79 Å². The highest BCUT2D eigenvalue weighted by Crippen LogP contribution is 2.72. The molecule has 7 atom stereocenters. The molecule has 2 bridgehead atoms. The van der Waals surface area contributed by atoms with Crippen molar-refractivity contribution in [2.75, 3.05) is 0 Å². The summed E-state index contributed by atoms with van der Waals surface area (Å²) in [5.74, 6) is 0.581. The second-order valence-corrected chi connectivity index (χ2v) is 9.41. The normalized spacial score (nSPS) is 55.2. The van der Waals surface area contributed by atoms with Gasteiger partial charge in [-0.2, -0.15) is 0 Å². The molecule has 1 spiro atoms. The molecule has 0 aromatic rings. The van der Waals surface area contributed by atoms with Gasteiger partial charge in [0.2, 0.25) is 0 Å². The van der Waals surface area contributed by atoms with Crippen molar-refractivity contribution in [2.24, 2.45) is 34.0 Å². The van der Waals surface area contributed by atoms with Gasteiger partial charge < -0.3 is 10.2 Å². The second kappa shape index (κ2) is 4.62. The SMILES string of the molecule is C=C1C2CCC3C(CCC4[C@@]3(C)CCC[C@@]4(C)C(=O)O)(C2)C1O. The highest BCUT2D eigenvalue weighted by molar-refractivity contribution is 5.75. The van der Waals surface area contributed by atoms with Crippen LogP contribution in [-0.2, 0) is 4.79 Å². The molecule has 4 rings (SSSR count). The Morgan fingerprint density at radius 1 is 1.13 bits per heavy atom. The monoisotopic (exact) mass is 318 g/mol. The Kier molecular flexibility index (Phi) is 3.15. The van der Waals surface area contributed by atoms with E-state index in [4.69, 9.17) is 0 Å². The van der Waals surface area contributed by atoms with Crippen LogP contribution in [-0.4, -0.2) is 22.3 Å². The number of rotatable bonds is 1. The number of carboxylic acids is 1. The Labute approximate surface area is 139 Å². The van der Waals surface area contributed by atoms with Crippen LogP contribution in [0.4, 0.5) is 0 Å². The summed E-state index contributed by atoms with van der Waals surface area (Å²) in [5, 5.41) is 20.9. The lowest BCUT2D eigenvalue weighted by Gasteiger charge is -2.63. The first-order valence-electron chi connectivity index (χ1n) is 9.36. The van der Waals surface area contributed by atoms with Crippen molar-refractivity contribution < 1.29 is 15.0 Å². The van der Waals surface area contributed by atoms with Gasteiger partial charge in [-0.25, -0.2) is 0 Å². The molecule has 3 heteroatoms. The molecule has 4 aliphatic carbocycles. The van der Waals surface area contributed by atoms with Crippen LogP contribution >= 0.6 is 0 Å². The third-order valence-electron chi connectivity index (χ3n) is 8.70. The van der Waals surface area contributed by atoms with E-state index >= 15 is 0 Å². The number of carbonyl (C=O) groups is 1. The predicted octanol–water partition coefficient (Wildman–Crippen LogP) is 4.01. The third-order valence-corrected chi connectivity index (χ3v) is 8.70. The van der Waals surface area contributed by atoms with Gasteiger partial charge in [0, 0.05) is 5.41 Å². The zero-order valence-electron chi connectivity index (χ0n) is 14.5. The van der Waals surface area contributed by atoms with Crippen LogP contribution in [0.2, 0.25) is 0 Å². The zero-order valence-corrected chi connectivity index (χ0v) is 14.5. The van der Waals surface area contributed by atoms with Gasteiger partial charge >= 0.3 is 5.97 Å². The molecule has 0 radical (unpaired) electrons. The summed E-state index contributed by atoms with van der Waals surface area (Å²) in [6.07, 6.45) is 7.86. The maximum Gasteiger partial charge on any atom is 0.309 e. The molecule has 0 saturated heterocycles. The van der Waals surface area contributed by atoms with E-state index in [0.717, 1.165) is 56.9 Å². The number of aliphatic carboxylic acids is 1. The number of aliphatic hydroxyl groups excluding tert-OH is 1. The fraction of sp³-hybridized carbons (Fsp3) is 0.850. The minimum absolute atomic E-state index is 0.0119. The molecule has 0 aromatic carbocycles. The molecule has 4 saturated carbocycles. The van der Waals surface area contributed by atoms with Gasteiger partial charge in [-0.15, -0.1) is 0 Å². The van der Waals surface area contributed by atoms with Crippen LogP contribution in [0.15, 0.2) is 12.2 Å². The maximum atomic E-state index is 12.0. The van der Waals surface area contributed by atoms with Crippen molar-refractivity contribution in [1.29, 1.82) is 0 Å². The molecule has 2 N–H and O–H groups in total. The minimum Gasteiger partial charge on any atom is -0.481 e. The molecule has 0 amide bonds. The van der Waals surface area contributed by atoms with Gasteiger partial charge in [0.25, 0.3) is 0 Å². The lowest BCUT2D eigenvalue weighted by Crippen LogP contribution is -2.60. The molecule has 4 aliphatic rings. The summed E-state index contributed by atoms with van der Waals surface area (Å²) >= 11 is 0. The Morgan fingerprint density at radius 2 is 1.87 bits per heavy atom. The van der Waals surface area contributed by atoms with E-state index < -0.39 is 11.4 Å². The maximum absolute atomic E-state index is 12.0. The van der Waals surface area contributed by atoms with E-state index in [9.17, 15) is 15.0 Å². The fourth-order valence-electron chi connectivity index (χ4n) is 7.62. The van der Waals surface area contributed by atoms with E-state index in [1.54, 1.807) is 0 Å². The van der Waals surface area contributed by atoms with Crippen LogP contribution in [0.5, 0.6) is 0 Å². The summed E-state index contributed by atoms with van der Waals surface area (Å²) in [6.45, 7) is 8.53. The Bertz CT molecular complexity index is 569. The number of carboxylic acid groups (broad SMARTS) is 1. The van der Waals surface area contributed by atoms with Crippen LogP contribution in [0.3, 0.4) is 0 Å². The summed E-state index contributed by atoms with van der Waals surface area (Å²) in [7, 11) is 0. The van der Waals surface area contributed by atoms with Crippen molar-refractivity contribution in [3.63, 3.8) is 0 Å². The largest absolute Gasteiger partial charge is 0.481 e. The first-order chi connectivity index (χ1) is 10.8. The number of hydrogen-bond acceptors (Lipinski definition) is 2.